The van der Waals surface area contributed by atoms with Crippen LogP contribution in [0, 0.1) is 0 Å². The minimum absolute atomic E-state index is 0. The normalized spacial score (nSPS) is 10.9. The molecule has 0 fully saturated rings. The Kier molecular flexibility index (Phi) is 13.2. The fourth-order valence-corrected chi connectivity index (χ4v) is 4.78. The summed E-state index contributed by atoms with van der Waals surface area (Å²) in [6, 6.07) is 42.2. The minimum atomic E-state index is -1.19. The van der Waals surface area contributed by atoms with Gasteiger partial charge < -0.3 is 14.3 Å². The third-order valence-corrected chi connectivity index (χ3v) is 6.60. The van der Waals surface area contributed by atoms with Gasteiger partial charge in [0.25, 0.3) is 0 Å². The van der Waals surface area contributed by atoms with Gasteiger partial charge in [0.05, 0.1) is 0 Å². The molecule has 4 aromatic carbocycles. The van der Waals surface area contributed by atoms with Crippen molar-refractivity contribution in [3.63, 3.8) is 0 Å². The van der Waals surface area contributed by atoms with E-state index < -0.39 is 7.32 Å². The Morgan fingerprint density at radius 1 is 0.486 bits per heavy atom. The van der Waals surface area contributed by atoms with Crippen molar-refractivity contribution >= 4 is 36.9 Å². The Morgan fingerprint density at radius 2 is 0.757 bits per heavy atom. The monoisotopic (exact) mass is 502 g/mol. The van der Waals surface area contributed by atoms with Crippen molar-refractivity contribution < 1.29 is 14.3 Å². The van der Waals surface area contributed by atoms with E-state index in [0.717, 1.165) is 25.7 Å². The molecule has 0 spiro atoms. The maximum absolute atomic E-state index is 10.2. The van der Waals surface area contributed by atoms with Crippen LogP contribution in [-0.2, 0) is 9.31 Å². The van der Waals surface area contributed by atoms with Crippen LogP contribution in [0.5, 0.6) is 0 Å². The van der Waals surface area contributed by atoms with E-state index >= 15 is 0 Å². The average Bonchev–Trinajstić information content (AvgIpc) is 2.95. The van der Waals surface area contributed by atoms with E-state index in [9.17, 15) is 5.02 Å². The first-order valence-corrected chi connectivity index (χ1v) is 12.9. The molecule has 0 aliphatic rings. The third kappa shape index (κ3) is 9.57. The van der Waals surface area contributed by atoms with E-state index in [1.807, 2.05) is 24.3 Å². The van der Waals surface area contributed by atoms with Crippen molar-refractivity contribution in [2.24, 2.45) is 0 Å². The van der Waals surface area contributed by atoms with Crippen molar-refractivity contribution in [1.29, 1.82) is 0 Å². The summed E-state index contributed by atoms with van der Waals surface area (Å²) < 4.78 is 11.1. The molecule has 0 heterocycles. The average molecular weight is 502 g/mol. The second kappa shape index (κ2) is 16.6. The molecule has 0 aliphatic heterocycles. The van der Waals surface area contributed by atoms with Gasteiger partial charge in [0, 0.05) is 25.0 Å². The van der Waals surface area contributed by atoms with Gasteiger partial charge in [-0.1, -0.05) is 121 Å². The summed E-state index contributed by atoms with van der Waals surface area (Å²) in [5.74, 6) is 0.615. The quantitative estimate of drug-likeness (QED) is 0.157. The number of hydrogen-bond acceptors (Lipinski definition) is 3. The van der Waals surface area contributed by atoms with Crippen molar-refractivity contribution in [2.75, 3.05) is 13.2 Å². The summed E-state index contributed by atoms with van der Waals surface area (Å²) in [5.41, 5.74) is 5.19. The summed E-state index contributed by atoms with van der Waals surface area (Å²) in [6.45, 7) is 0.905. The van der Waals surface area contributed by atoms with Gasteiger partial charge in [-0.15, -0.1) is 0 Å². The first kappa shape index (κ1) is 29.4. The fraction of sp³-hybridized carbons (Fsp3) is 0.250. The van der Waals surface area contributed by atoms with E-state index in [2.05, 4.69) is 97.1 Å². The number of benzene rings is 4. The Morgan fingerprint density at radius 3 is 1.03 bits per heavy atom. The zero-order valence-electron chi connectivity index (χ0n) is 20.8. The van der Waals surface area contributed by atoms with Crippen LogP contribution in [0.1, 0.15) is 59.8 Å². The number of rotatable bonds is 14. The Hall–Kier alpha value is -2.18. The molecule has 0 radical (unpaired) electrons. The van der Waals surface area contributed by atoms with Gasteiger partial charge in [0.1, 0.15) is 0 Å². The summed E-state index contributed by atoms with van der Waals surface area (Å²) in [6.07, 6.45) is 3.55. The topological polar surface area (TPSA) is 38.7 Å². The van der Waals surface area contributed by atoms with Crippen LogP contribution < -0.4 is 0 Å². The SMILES string of the molecule is OB(OCCCC(c1ccccc1)c1ccccc1)OCCCC(c1ccccc1)c1ccccc1.[NaH]. The molecule has 0 bridgehead atoms. The first-order chi connectivity index (χ1) is 17.8. The molecule has 1 N–H and O–H groups in total. The summed E-state index contributed by atoms with van der Waals surface area (Å²) >= 11 is 0. The van der Waals surface area contributed by atoms with Crippen LogP contribution in [0.4, 0.5) is 0 Å². The van der Waals surface area contributed by atoms with E-state index in [0.29, 0.717) is 25.0 Å². The van der Waals surface area contributed by atoms with E-state index in [-0.39, 0.29) is 29.6 Å². The van der Waals surface area contributed by atoms with Crippen molar-refractivity contribution in [1.82, 2.24) is 0 Å². The molecule has 0 aromatic heterocycles. The van der Waals surface area contributed by atoms with Crippen LogP contribution in [0.2, 0.25) is 0 Å². The predicted molar refractivity (Wildman–Crippen MR) is 155 cm³/mol. The number of hydrogen-bond donors (Lipinski definition) is 1. The molecule has 4 rings (SSSR count). The van der Waals surface area contributed by atoms with Gasteiger partial charge in [-0.05, 0) is 47.9 Å². The van der Waals surface area contributed by atoms with Crippen molar-refractivity contribution in [2.45, 2.75) is 37.5 Å². The van der Waals surface area contributed by atoms with E-state index in [1.54, 1.807) is 0 Å². The van der Waals surface area contributed by atoms with Crippen LogP contribution in [0.15, 0.2) is 121 Å². The molecular weight excluding hydrogens is 466 g/mol. The molecule has 3 nitrogen and oxygen atoms in total. The summed E-state index contributed by atoms with van der Waals surface area (Å²) in [5, 5.41) is 10.2. The maximum atomic E-state index is 10.2. The molecule has 186 valence electrons. The molecule has 0 atom stereocenters. The summed E-state index contributed by atoms with van der Waals surface area (Å²) in [4.78, 5) is 0. The Labute approximate surface area is 244 Å². The Balaban J connectivity index is 0.00000380. The first-order valence-electron chi connectivity index (χ1n) is 12.9. The van der Waals surface area contributed by atoms with Crippen LogP contribution in [-0.4, -0.2) is 55.1 Å². The molecule has 0 aliphatic carbocycles. The van der Waals surface area contributed by atoms with Gasteiger partial charge in [-0.2, -0.15) is 0 Å². The molecular formula is C32H36BNaO3. The third-order valence-electron chi connectivity index (χ3n) is 6.60. The van der Waals surface area contributed by atoms with Gasteiger partial charge >= 0.3 is 36.9 Å². The second-order valence-electron chi connectivity index (χ2n) is 9.08. The van der Waals surface area contributed by atoms with E-state index in [1.165, 1.54) is 22.3 Å². The summed E-state index contributed by atoms with van der Waals surface area (Å²) in [7, 11) is -1.19. The molecule has 5 heteroatoms. The predicted octanol–water partition coefficient (Wildman–Crippen LogP) is 6.57. The zero-order valence-corrected chi connectivity index (χ0v) is 20.8. The molecule has 0 saturated heterocycles. The van der Waals surface area contributed by atoms with Gasteiger partial charge in [0.2, 0.25) is 0 Å². The van der Waals surface area contributed by atoms with Crippen LogP contribution in [0.3, 0.4) is 0 Å². The Bertz CT molecular complexity index is 944. The molecule has 37 heavy (non-hydrogen) atoms. The standard InChI is InChI=1S/C32H35BO3.Na.H/c34-33(35-25-13-23-31(27-15-5-1-6-16-27)28-17-7-2-8-18-28)36-26-14-24-32(29-19-9-3-10-20-29)30-21-11-4-12-22-30;;/h1-12,15-22,31-32,34H,13-14,23-26H2;;. The van der Waals surface area contributed by atoms with Gasteiger partial charge in [0.15, 0.2) is 0 Å². The second-order valence-corrected chi connectivity index (χ2v) is 9.08. The fourth-order valence-electron chi connectivity index (χ4n) is 4.78. The molecule has 4 aromatic rings. The molecule has 0 amide bonds. The van der Waals surface area contributed by atoms with E-state index in [4.69, 9.17) is 9.31 Å². The van der Waals surface area contributed by atoms with Crippen LogP contribution >= 0.6 is 0 Å². The molecule has 0 unspecified atom stereocenters. The van der Waals surface area contributed by atoms with Crippen LogP contribution in [0.25, 0.3) is 0 Å². The van der Waals surface area contributed by atoms with Gasteiger partial charge in [-0.25, -0.2) is 0 Å². The zero-order chi connectivity index (χ0) is 24.8. The van der Waals surface area contributed by atoms with Crippen molar-refractivity contribution in [3.8, 4) is 0 Å². The van der Waals surface area contributed by atoms with Crippen molar-refractivity contribution in [3.05, 3.63) is 144 Å². The van der Waals surface area contributed by atoms with Gasteiger partial charge in [-0.3, -0.25) is 0 Å². The molecule has 0 saturated carbocycles.